The van der Waals surface area contributed by atoms with E-state index >= 15 is 0 Å². The van der Waals surface area contributed by atoms with Crippen molar-refractivity contribution in [1.29, 1.82) is 0 Å². The van der Waals surface area contributed by atoms with E-state index in [1.165, 1.54) is 4.68 Å². The summed E-state index contributed by atoms with van der Waals surface area (Å²) in [7, 11) is 0. The lowest BCUT2D eigenvalue weighted by Gasteiger charge is -2.12. The van der Waals surface area contributed by atoms with Gasteiger partial charge in [0.25, 0.3) is 5.56 Å². The van der Waals surface area contributed by atoms with Crippen LogP contribution in [0.5, 0.6) is 5.75 Å². The monoisotopic (exact) mass is 710 g/mol. The van der Waals surface area contributed by atoms with Gasteiger partial charge in [-0.25, -0.2) is 4.98 Å². The van der Waals surface area contributed by atoms with Crippen molar-refractivity contribution in [3.63, 3.8) is 0 Å². The van der Waals surface area contributed by atoms with Crippen LogP contribution in [0.15, 0.2) is 116 Å². The van der Waals surface area contributed by atoms with E-state index in [1.807, 2.05) is 92.7 Å². The molecule has 7 aromatic rings. The highest BCUT2D eigenvalue weighted by Crippen LogP contribution is 2.30. The molecule has 0 unspecified atom stereocenters. The van der Waals surface area contributed by atoms with Crippen LogP contribution in [0.2, 0.25) is 10.0 Å². The van der Waals surface area contributed by atoms with Crippen LogP contribution in [0.1, 0.15) is 22.5 Å². The van der Waals surface area contributed by atoms with Crippen LogP contribution in [0.25, 0.3) is 39.1 Å². The predicted molar refractivity (Wildman–Crippen MR) is 188 cm³/mol. The van der Waals surface area contributed by atoms with Crippen molar-refractivity contribution in [1.82, 2.24) is 14.2 Å². The number of halogens is 3. The third kappa shape index (κ3) is 5.75. The van der Waals surface area contributed by atoms with Crippen molar-refractivity contribution in [3.8, 4) is 23.0 Å². The summed E-state index contributed by atoms with van der Waals surface area (Å²) >= 11 is 15.7. The Balaban J connectivity index is 1.20. The molecule has 0 aliphatic carbocycles. The summed E-state index contributed by atoms with van der Waals surface area (Å²) in [5.41, 5.74) is 5.69. The summed E-state index contributed by atoms with van der Waals surface area (Å²) in [6.45, 7) is 4.41. The maximum Gasteiger partial charge on any atom is 0.282 e. The van der Waals surface area contributed by atoms with Crippen LogP contribution in [-0.4, -0.2) is 20.4 Å². The van der Waals surface area contributed by atoms with Gasteiger partial charge < -0.3 is 13.7 Å². The number of rotatable bonds is 7. The Labute approximate surface area is 282 Å². The zero-order valence-corrected chi connectivity index (χ0v) is 27.8. The van der Waals surface area contributed by atoms with E-state index in [0.29, 0.717) is 44.7 Å². The molecule has 0 atom stereocenters. The number of fused-ring (bicyclic) bond motifs is 2. The number of para-hydroxylation sites is 1. The molecule has 3 aromatic heterocycles. The summed E-state index contributed by atoms with van der Waals surface area (Å²) in [4.78, 5) is 18.5. The van der Waals surface area contributed by atoms with Gasteiger partial charge >= 0.3 is 0 Å². The van der Waals surface area contributed by atoms with E-state index in [-0.39, 0.29) is 5.56 Å². The lowest BCUT2D eigenvalue weighted by Crippen LogP contribution is -2.20. The van der Waals surface area contributed by atoms with Gasteiger partial charge in [0.1, 0.15) is 17.9 Å². The standard InChI is InChI=1S/C36H25BrCl2N4O3/c1-21-15-25(22(2)42(21)27-9-11-28(12-10-27)45-20-23-7-13-30(38)31(39)16-23)19-40-43-35(41-32-6-4-3-5-29(32)36(43)44)34-18-24-17-26(37)8-14-33(24)46-34/h3-19H,20H2,1-2H3. The van der Waals surface area contributed by atoms with Gasteiger partial charge in [-0.2, -0.15) is 9.78 Å². The number of aromatic nitrogens is 3. The first-order valence-corrected chi connectivity index (χ1v) is 15.9. The predicted octanol–water partition coefficient (Wildman–Crippen LogP) is 9.75. The van der Waals surface area contributed by atoms with Gasteiger partial charge in [-0.15, -0.1) is 0 Å². The third-order valence-electron chi connectivity index (χ3n) is 7.72. The second-order valence-electron chi connectivity index (χ2n) is 10.8. The van der Waals surface area contributed by atoms with Crippen molar-refractivity contribution in [2.45, 2.75) is 20.5 Å². The van der Waals surface area contributed by atoms with Crippen LogP contribution in [0.4, 0.5) is 0 Å². The number of aryl methyl sites for hydroxylation is 1. The highest BCUT2D eigenvalue weighted by Gasteiger charge is 2.17. The smallest absolute Gasteiger partial charge is 0.282 e. The van der Waals surface area contributed by atoms with E-state index < -0.39 is 0 Å². The second-order valence-corrected chi connectivity index (χ2v) is 12.5. The highest BCUT2D eigenvalue weighted by atomic mass is 79.9. The third-order valence-corrected chi connectivity index (χ3v) is 8.95. The number of furan rings is 1. The Bertz CT molecular complexity index is 2360. The zero-order chi connectivity index (χ0) is 31.9. The Hall–Kier alpha value is -4.63. The first-order chi connectivity index (χ1) is 22.2. The van der Waals surface area contributed by atoms with Gasteiger partial charge in [-0.3, -0.25) is 4.79 Å². The molecule has 4 aromatic carbocycles. The number of ether oxygens (including phenoxy) is 1. The molecule has 7 nitrogen and oxygen atoms in total. The molecule has 0 aliphatic heterocycles. The minimum absolute atomic E-state index is 0.288. The number of benzene rings is 4. The van der Waals surface area contributed by atoms with Crippen LogP contribution < -0.4 is 10.3 Å². The van der Waals surface area contributed by atoms with Gasteiger partial charge in [0.05, 0.1) is 27.2 Å². The SMILES string of the molecule is Cc1cc(C=Nn2c(-c3cc4cc(Br)ccc4o3)nc3ccccc3c2=O)c(C)n1-c1ccc(OCc2ccc(Cl)c(Cl)c2)cc1. The fourth-order valence-corrected chi connectivity index (χ4v) is 6.14. The van der Waals surface area contributed by atoms with Crippen LogP contribution in [-0.2, 0) is 6.61 Å². The van der Waals surface area contributed by atoms with Crippen LogP contribution in [0.3, 0.4) is 0 Å². The molecule has 0 fully saturated rings. The fraction of sp³-hybridized carbons (Fsp3) is 0.0833. The Morgan fingerprint density at radius 3 is 2.54 bits per heavy atom. The molecular formula is C36H25BrCl2N4O3. The first kappa shape index (κ1) is 30.0. The average molecular weight is 712 g/mol. The van der Waals surface area contributed by atoms with Crippen molar-refractivity contribution < 1.29 is 9.15 Å². The summed E-state index contributed by atoms with van der Waals surface area (Å²) in [6, 6.07) is 30.2. The molecule has 7 rings (SSSR count). The Kier molecular flexibility index (Phi) is 8.02. The normalized spacial score (nSPS) is 11.7. The largest absolute Gasteiger partial charge is 0.489 e. The molecule has 228 valence electrons. The van der Waals surface area contributed by atoms with E-state index in [4.69, 9.17) is 37.3 Å². The Morgan fingerprint density at radius 2 is 1.74 bits per heavy atom. The van der Waals surface area contributed by atoms with Crippen LogP contribution >= 0.6 is 39.1 Å². The summed E-state index contributed by atoms with van der Waals surface area (Å²) < 4.78 is 16.5. The number of hydrogen-bond donors (Lipinski definition) is 0. The maximum atomic E-state index is 13.7. The van der Waals surface area contributed by atoms with E-state index in [1.54, 1.807) is 24.4 Å². The molecule has 0 radical (unpaired) electrons. The lowest BCUT2D eigenvalue weighted by molar-refractivity contribution is 0.306. The van der Waals surface area contributed by atoms with Crippen LogP contribution in [0, 0.1) is 13.8 Å². The van der Waals surface area contributed by atoms with E-state index in [9.17, 15) is 4.79 Å². The number of nitrogens with zero attached hydrogens (tertiary/aromatic N) is 4. The Morgan fingerprint density at radius 1 is 0.935 bits per heavy atom. The van der Waals surface area contributed by atoms with Gasteiger partial charge in [0.2, 0.25) is 5.82 Å². The molecule has 3 heterocycles. The lowest BCUT2D eigenvalue weighted by atomic mass is 10.2. The van der Waals surface area contributed by atoms with E-state index in [0.717, 1.165) is 43.8 Å². The van der Waals surface area contributed by atoms with Gasteiger partial charge in [-0.1, -0.05) is 57.3 Å². The van der Waals surface area contributed by atoms with Crippen molar-refractivity contribution in [3.05, 3.63) is 144 Å². The molecule has 0 amide bonds. The zero-order valence-electron chi connectivity index (χ0n) is 24.7. The molecule has 10 heteroatoms. The molecular weight excluding hydrogens is 687 g/mol. The average Bonchev–Trinajstić information content (AvgIpc) is 3.60. The minimum Gasteiger partial charge on any atom is -0.489 e. The molecule has 0 saturated carbocycles. The second kappa shape index (κ2) is 12.3. The number of hydrogen-bond acceptors (Lipinski definition) is 5. The molecule has 0 N–H and O–H groups in total. The maximum absolute atomic E-state index is 13.7. The summed E-state index contributed by atoms with van der Waals surface area (Å²) in [6.07, 6.45) is 1.69. The van der Waals surface area contributed by atoms with Crippen molar-refractivity contribution in [2.24, 2.45) is 5.10 Å². The molecule has 0 spiro atoms. The molecule has 0 aliphatic rings. The fourth-order valence-electron chi connectivity index (χ4n) is 5.44. The van der Waals surface area contributed by atoms with Gasteiger partial charge in [0.15, 0.2) is 5.76 Å². The molecule has 0 saturated heterocycles. The summed E-state index contributed by atoms with van der Waals surface area (Å²) in [5, 5.41) is 7.04. The van der Waals surface area contributed by atoms with Crippen molar-refractivity contribution in [2.75, 3.05) is 0 Å². The molecule has 0 bridgehead atoms. The van der Waals surface area contributed by atoms with Gasteiger partial charge in [0, 0.05) is 32.5 Å². The van der Waals surface area contributed by atoms with Crippen molar-refractivity contribution >= 4 is 67.2 Å². The van der Waals surface area contributed by atoms with Gasteiger partial charge in [-0.05, 0) is 98.3 Å². The molecule has 46 heavy (non-hydrogen) atoms. The topological polar surface area (TPSA) is 74.5 Å². The highest BCUT2D eigenvalue weighted by molar-refractivity contribution is 9.10. The minimum atomic E-state index is -0.288. The van der Waals surface area contributed by atoms with E-state index in [2.05, 4.69) is 25.6 Å². The summed E-state index contributed by atoms with van der Waals surface area (Å²) in [5.74, 6) is 1.49. The quantitative estimate of drug-likeness (QED) is 0.154. The first-order valence-electron chi connectivity index (χ1n) is 14.4.